The van der Waals surface area contributed by atoms with Crippen molar-refractivity contribution in [1.82, 2.24) is 14.5 Å². The Morgan fingerprint density at radius 3 is 2.81 bits per heavy atom. The second-order valence-corrected chi connectivity index (χ2v) is 6.54. The van der Waals surface area contributed by atoms with E-state index in [9.17, 15) is 0 Å². The lowest BCUT2D eigenvalue weighted by Crippen LogP contribution is -2.22. The second kappa shape index (κ2) is 6.00. The zero-order valence-electron chi connectivity index (χ0n) is 12.8. The molecule has 3 aromatic rings. The first kappa shape index (κ1) is 14.3. The van der Waals surface area contributed by atoms with Gasteiger partial charge < -0.3 is 9.47 Å². The summed E-state index contributed by atoms with van der Waals surface area (Å²) in [5.41, 5.74) is 5.78. The van der Waals surface area contributed by atoms with Gasteiger partial charge in [0.1, 0.15) is 0 Å². The summed E-state index contributed by atoms with van der Waals surface area (Å²) >= 11 is 1.76. The van der Waals surface area contributed by atoms with E-state index < -0.39 is 0 Å². The van der Waals surface area contributed by atoms with E-state index in [-0.39, 0.29) is 0 Å². The van der Waals surface area contributed by atoms with E-state index in [0.29, 0.717) is 0 Å². The van der Waals surface area contributed by atoms with Crippen molar-refractivity contribution in [2.24, 2.45) is 7.05 Å². The van der Waals surface area contributed by atoms with E-state index >= 15 is 0 Å². The maximum Gasteiger partial charge on any atom is 0.0797 e. The van der Waals surface area contributed by atoms with Gasteiger partial charge >= 0.3 is 0 Å². The van der Waals surface area contributed by atoms with Gasteiger partial charge in [0.15, 0.2) is 0 Å². The van der Waals surface area contributed by atoms with Crippen molar-refractivity contribution < 1.29 is 0 Å². The van der Waals surface area contributed by atoms with Crippen LogP contribution in [0.4, 0.5) is 0 Å². The Labute approximate surface area is 129 Å². The largest absolute Gasteiger partial charge is 0.346 e. The molecule has 0 N–H and O–H groups in total. The molecule has 3 rings (SSSR count). The molecule has 0 spiro atoms. The first-order valence-corrected chi connectivity index (χ1v) is 8.14. The minimum Gasteiger partial charge on any atom is -0.346 e. The first-order valence-electron chi connectivity index (χ1n) is 7.26. The molecular weight excluding hydrogens is 278 g/mol. The summed E-state index contributed by atoms with van der Waals surface area (Å²) in [5, 5.41) is 1.32. The summed E-state index contributed by atoms with van der Waals surface area (Å²) in [7, 11) is 4.34. The second-order valence-electron chi connectivity index (χ2n) is 5.60. The van der Waals surface area contributed by atoms with Crippen LogP contribution in [-0.4, -0.2) is 28.0 Å². The van der Waals surface area contributed by atoms with Crippen molar-refractivity contribution in [3.05, 3.63) is 52.1 Å². The summed E-state index contributed by atoms with van der Waals surface area (Å²) < 4.78 is 2.30. The maximum atomic E-state index is 4.32. The molecule has 0 fully saturated rings. The van der Waals surface area contributed by atoms with Gasteiger partial charge in [-0.2, -0.15) is 0 Å². The van der Waals surface area contributed by atoms with Crippen LogP contribution in [0.5, 0.6) is 0 Å². The molecule has 0 saturated heterocycles. The number of fused-ring (bicyclic) bond motifs is 1. The van der Waals surface area contributed by atoms with Crippen molar-refractivity contribution >= 4 is 22.2 Å². The van der Waals surface area contributed by atoms with Crippen LogP contribution in [-0.2, 0) is 20.0 Å². The smallest absolute Gasteiger partial charge is 0.0797 e. The third-order valence-electron chi connectivity index (χ3n) is 4.05. The van der Waals surface area contributed by atoms with E-state index in [1.54, 1.807) is 11.3 Å². The average Bonchev–Trinajstić information content (AvgIpc) is 3.02. The fraction of sp³-hybridized carbons (Fsp3) is 0.353. The molecule has 0 aliphatic carbocycles. The number of para-hydroxylation sites is 1. The molecule has 0 saturated carbocycles. The van der Waals surface area contributed by atoms with E-state index in [0.717, 1.165) is 19.5 Å². The van der Waals surface area contributed by atoms with Gasteiger partial charge in [0.2, 0.25) is 0 Å². The topological polar surface area (TPSA) is 21.1 Å². The van der Waals surface area contributed by atoms with E-state index in [1.165, 1.54) is 27.2 Å². The molecule has 21 heavy (non-hydrogen) atoms. The van der Waals surface area contributed by atoms with Crippen LogP contribution in [0.3, 0.4) is 0 Å². The zero-order valence-corrected chi connectivity index (χ0v) is 13.7. The highest BCUT2D eigenvalue weighted by molar-refractivity contribution is 7.09. The number of rotatable bonds is 5. The van der Waals surface area contributed by atoms with Gasteiger partial charge in [-0.25, -0.2) is 4.98 Å². The highest BCUT2D eigenvalue weighted by atomic mass is 32.1. The third kappa shape index (κ3) is 3.01. The minimum atomic E-state index is 0.975. The maximum absolute atomic E-state index is 4.32. The van der Waals surface area contributed by atoms with Gasteiger partial charge in [0.25, 0.3) is 0 Å². The lowest BCUT2D eigenvalue weighted by molar-refractivity contribution is 0.324. The van der Waals surface area contributed by atoms with Crippen LogP contribution in [0.2, 0.25) is 0 Å². The standard InChI is InChI=1S/C17H21N3S/c1-13-17(21-12-18-13)8-9-19(2)11-15-10-14-6-4-5-7-16(14)20(15)3/h4-7,10,12H,8-9,11H2,1-3H3. The van der Waals surface area contributed by atoms with Crippen LogP contribution >= 0.6 is 11.3 Å². The van der Waals surface area contributed by atoms with Gasteiger partial charge in [0, 0.05) is 36.2 Å². The Kier molecular flexibility index (Phi) is 4.08. The van der Waals surface area contributed by atoms with Crippen LogP contribution < -0.4 is 0 Å². The van der Waals surface area contributed by atoms with Crippen molar-refractivity contribution in [3.8, 4) is 0 Å². The molecule has 2 heterocycles. The molecular formula is C17H21N3S. The Bertz CT molecular complexity index is 741. The fourth-order valence-corrected chi connectivity index (χ4v) is 3.48. The molecule has 0 unspecified atom stereocenters. The molecule has 0 radical (unpaired) electrons. The Morgan fingerprint density at radius 1 is 1.29 bits per heavy atom. The SMILES string of the molecule is Cc1ncsc1CCN(C)Cc1cc2ccccc2n1C. The number of benzene rings is 1. The first-order chi connectivity index (χ1) is 10.1. The van der Waals surface area contributed by atoms with Crippen molar-refractivity contribution in [2.75, 3.05) is 13.6 Å². The van der Waals surface area contributed by atoms with Crippen molar-refractivity contribution in [3.63, 3.8) is 0 Å². The average molecular weight is 299 g/mol. The minimum absolute atomic E-state index is 0.975. The predicted octanol–water partition coefficient (Wildman–Crippen LogP) is 3.62. The normalized spacial score (nSPS) is 11.6. The number of thiazole rings is 1. The van der Waals surface area contributed by atoms with Gasteiger partial charge in [-0.05, 0) is 37.9 Å². The summed E-state index contributed by atoms with van der Waals surface area (Å²) in [6.07, 6.45) is 1.08. The molecule has 0 amide bonds. The van der Waals surface area contributed by atoms with Crippen molar-refractivity contribution in [2.45, 2.75) is 19.9 Å². The monoisotopic (exact) mass is 299 g/mol. The number of hydrogen-bond donors (Lipinski definition) is 0. The Morgan fingerprint density at radius 2 is 2.10 bits per heavy atom. The third-order valence-corrected chi connectivity index (χ3v) is 5.04. The molecule has 3 nitrogen and oxygen atoms in total. The fourth-order valence-electron chi connectivity index (χ4n) is 2.71. The molecule has 4 heteroatoms. The Hall–Kier alpha value is -1.65. The zero-order chi connectivity index (χ0) is 14.8. The summed E-state index contributed by atoms with van der Waals surface area (Å²) in [6, 6.07) is 10.9. The van der Waals surface area contributed by atoms with E-state index in [4.69, 9.17) is 0 Å². The van der Waals surface area contributed by atoms with E-state index in [1.807, 2.05) is 5.51 Å². The lowest BCUT2D eigenvalue weighted by atomic mass is 10.2. The lowest BCUT2D eigenvalue weighted by Gasteiger charge is -2.16. The van der Waals surface area contributed by atoms with E-state index in [2.05, 4.69) is 65.8 Å². The quantitative estimate of drug-likeness (QED) is 0.717. The van der Waals surface area contributed by atoms with Crippen LogP contribution in [0.25, 0.3) is 10.9 Å². The van der Waals surface area contributed by atoms with Gasteiger partial charge in [-0.3, -0.25) is 0 Å². The number of aromatic nitrogens is 2. The molecule has 0 aliphatic rings. The van der Waals surface area contributed by atoms with Gasteiger partial charge in [0.05, 0.1) is 11.2 Å². The molecule has 0 aliphatic heterocycles. The Balaban J connectivity index is 1.67. The molecule has 110 valence electrons. The number of nitrogens with zero attached hydrogens (tertiary/aromatic N) is 3. The molecule has 0 atom stereocenters. The molecule has 1 aromatic carbocycles. The van der Waals surface area contributed by atoms with Gasteiger partial charge in [-0.1, -0.05) is 18.2 Å². The van der Waals surface area contributed by atoms with Crippen molar-refractivity contribution in [1.29, 1.82) is 0 Å². The van der Waals surface area contributed by atoms with Crippen LogP contribution in [0.1, 0.15) is 16.3 Å². The molecule has 2 aromatic heterocycles. The van der Waals surface area contributed by atoms with Crippen LogP contribution in [0, 0.1) is 6.92 Å². The number of aryl methyl sites for hydroxylation is 2. The number of hydrogen-bond acceptors (Lipinski definition) is 3. The van der Waals surface area contributed by atoms with Crippen LogP contribution in [0.15, 0.2) is 35.8 Å². The molecule has 0 bridgehead atoms. The van der Waals surface area contributed by atoms with Gasteiger partial charge in [-0.15, -0.1) is 11.3 Å². The summed E-state index contributed by atoms with van der Waals surface area (Å²) in [5.74, 6) is 0. The number of likely N-dealkylation sites (N-methyl/N-ethyl adjacent to an activating group) is 1. The highest BCUT2D eigenvalue weighted by Gasteiger charge is 2.09. The summed E-state index contributed by atoms with van der Waals surface area (Å²) in [6.45, 7) is 4.13. The predicted molar refractivity (Wildman–Crippen MR) is 89.8 cm³/mol. The summed E-state index contributed by atoms with van der Waals surface area (Å²) in [4.78, 5) is 8.10. The highest BCUT2D eigenvalue weighted by Crippen LogP contribution is 2.19.